The van der Waals surface area contributed by atoms with Crippen molar-refractivity contribution in [1.82, 2.24) is 20.2 Å². The van der Waals surface area contributed by atoms with Gasteiger partial charge >= 0.3 is 0 Å². The predicted octanol–water partition coefficient (Wildman–Crippen LogP) is -0.179. The van der Waals surface area contributed by atoms with Gasteiger partial charge in [-0.3, -0.25) is 9.69 Å². The molecule has 2 N–H and O–H groups in total. The van der Waals surface area contributed by atoms with Crippen molar-refractivity contribution in [3.63, 3.8) is 0 Å². The van der Waals surface area contributed by atoms with Gasteiger partial charge in [0.1, 0.15) is 6.33 Å². The van der Waals surface area contributed by atoms with Crippen LogP contribution in [0, 0.1) is 0 Å². The summed E-state index contributed by atoms with van der Waals surface area (Å²) in [7, 11) is 0. The Morgan fingerprint density at radius 2 is 2.00 bits per heavy atom. The van der Waals surface area contributed by atoms with Crippen molar-refractivity contribution in [1.29, 1.82) is 0 Å². The Labute approximate surface area is 129 Å². The average molecular weight is 306 g/mol. The number of hydrogen-bond donors (Lipinski definition) is 2. The second kappa shape index (κ2) is 7.13. The third-order valence-electron chi connectivity index (χ3n) is 4.48. The van der Waals surface area contributed by atoms with E-state index in [4.69, 9.17) is 4.74 Å². The molecule has 2 heterocycles. The molecule has 0 spiro atoms. The second-order valence-electron chi connectivity index (χ2n) is 5.84. The molecule has 0 bridgehead atoms. The van der Waals surface area contributed by atoms with Crippen molar-refractivity contribution in [2.75, 3.05) is 26.3 Å². The van der Waals surface area contributed by atoms with Gasteiger partial charge in [-0.15, -0.1) is 0 Å². The Morgan fingerprint density at radius 1 is 1.27 bits per heavy atom. The largest absolute Gasteiger partial charge is 0.389 e. The van der Waals surface area contributed by atoms with Gasteiger partial charge in [0, 0.05) is 31.5 Å². The minimum absolute atomic E-state index is 0.0926. The van der Waals surface area contributed by atoms with Gasteiger partial charge in [-0.25, -0.2) is 9.97 Å². The summed E-state index contributed by atoms with van der Waals surface area (Å²) in [6, 6.07) is -0.135. The number of nitrogens with one attached hydrogen (secondary N) is 1. The summed E-state index contributed by atoms with van der Waals surface area (Å²) in [5.41, 5.74) is 0.420. The molecule has 7 nitrogen and oxygen atoms in total. The Bertz CT molecular complexity index is 493. The molecule has 1 aliphatic carbocycles. The zero-order valence-corrected chi connectivity index (χ0v) is 12.5. The number of amides is 1. The van der Waals surface area contributed by atoms with Gasteiger partial charge in [-0.1, -0.05) is 0 Å². The van der Waals surface area contributed by atoms with Crippen molar-refractivity contribution in [2.45, 2.75) is 37.5 Å². The fourth-order valence-electron chi connectivity index (χ4n) is 3.29. The maximum atomic E-state index is 12.2. The van der Waals surface area contributed by atoms with E-state index in [1.165, 1.54) is 18.7 Å². The molecule has 1 aromatic heterocycles. The summed E-state index contributed by atoms with van der Waals surface area (Å²) < 4.78 is 5.37. The van der Waals surface area contributed by atoms with E-state index in [9.17, 15) is 9.90 Å². The molecule has 3 rings (SSSR count). The van der Waals surface area contributed by atoms with Crippen LogP contribution in [0.25, 0.3) is 0 Å². The van der Waals surface area contributed by atoms with Crippen LogP contribution in [-0.4, -0.2) is 70.4 Å². The molecule has 22 heavy (non-hydrogen) atoms. The number of rotatable bonds is 3. The number of ether oxygens (including phenoxy) is 1. The standard InChI is InChI=1S/C15H22N4O3/c20-14-12(18-15(21)11-8-16-10-17-9-11)2-1-3-13(14)19-4-6-22-7-5-19/h8-10,12-14,20H,1-7H2,(H,18,21)/t12-,13-,14-/m1/s1. The zero-order valence-electron chi connectivity index (χ0n) is 12.5. The summed E-state index contributed by atoms with van der Waals surface area (Å²) in [5, 5.41) is 13.6. The van der Waals surface area contributed by atoms with Crippen LogP contribution in [0.15, 0.2) is 18.7 Å². The summed E-state index contributed by atoms with van der Waals surface area (Å²) in [5.74, 6) is -0.229. The number of aromatic nitrogens is 2. The number of nitrogens with zero attached hydrogens (tertiary/aromatic N) is 3. The monoisotopic (exact) mass is 306 g/mol. The summed E-state index contributed by atoms with van der Waals surface area (Å²) in [4.78, 5) is 22.2. The minimum Gasteiger partial charge on any atom is -0.389 e. The Kier molecular flexibility index (Phi) is 4.97. The molecular weight excluding hydrogens is 284 g/mol. The third kappa shape index (κ3) is 3.43. The van der Waals surface area contributed by atoms with Gasteiger partial charge in [0.15, 0.2) is 0 Å². The first-order valence-corrected chi connectivity index (χ1v) is 7.81. The molecule has 120 valence electrons. The number of aliphatic hydroxyl groups is 1. The van der Waals surface area contributed by atoms with Gasteiger partial charge in [-0.05, 0) is 19.3 Å². The lowest BCUT2D eigenvalue weighted by Crippen LogP contribution is -2.58. The van der Waals surface area contributed by atoms with Crippen LogP contribution >= 0.6 is 0 Å². The first kappa shape index (κ1) is 15.3. The minimum atomic E-state index is -0.555. The quantitative estimate of drug-likeness (QED) is 0.805. The second-order valence-corrected chi connectivity index (χ2v) is 5.84. The molecule has 0 unspecified atom stereocenters. The van der Waals surface area contributed by atoms with Gasteiger partial charge in [0.2, 0.25) is 0 Å². The molecule has 0 aromatic carbocycles. The number of carbonyl (C=O) groups excluding carboxylic acids is 1. The van der Waals surface area contributed by atoms with E-state index < -0.39 is 6.10 Å². The van der Waals surface area contributed by atoms with Crippen molar-refractivity contribution in [3.05, 3.63) is 24.3 Å². The summed E-state index contributed by atoms with van der Waals surface area (Å²) in [6.07, 6.45) is 6.55. The molecule has 1 amide bonds. The predicted molar refractivity (Wildman–Crippen MR) is 79.3 cm³/mol. The van der Waals surface area contributed by atoms with Gasteiger partial charge < -0.3 is 15.2 Å². The smallest absolute Gasteiger partial charge is 0.254 e. The fraction of sp³-hybridized carbons (Fsp3) is 0.667. The summed E-state index contributed by atoms with van der Waals surface area (Å²) in [6.45, 7) is 3.10. The molecule has 1 aromatic rings. The molecular formula is C15H22N4O3. The molecule has 1 saturated heterocycles. The molecule has 1 aliphatic heterocycles. The first-order valence-electron chi connectivity index (χ1n) is 7.81. The van der Waals surface area contributed by atoms with Gasteiger partial charge in [0.25, 0.3) is 5.91 Å². The molecule has 2 aliphatic rings. The normalized spacial score (nSPS) is 30.0. The van der Waals surface area contributed by atoms with E-state index >= 15 is 0 Å². The maximum absolute atomic E-state index is 12.2. The molecule has 7 heteroatoms. The molecule has 1 saturated carbocycles. The van der Waals surface area contributed by atoms with Crippen molar-refractivity contribution >= 4 is 5.91 Å². The van der Waals surface area contributed by atoms with Crippen LogP contribution in [0.3, 0.4) is 0 Å². The highest BCUT2D eigenvalue weighted by Gasteiger charge is 2.36. The number of morpholine rings is 1. The number of carbonyl (C=O) groups is 1. The lowest BCUT2D eigenvalue weighted by molar-refractivity contribution is -0.0459. The molecule has 0 radical (unpaired) electrons. The Hall–Kier alpha value is -1.57. The average Bonchev–Trinajstić information content (AvgIpc) is 2.58. The number of hydrogen-bond acceptors (Lipinski definition) is 6. The van der Waals surface area contributed by atoms with Crippen LogP contribution in [0.5, 0.6) is 0 Å². The van der Waals surface area contributed by atoms with E-state index in [1.54, 1.807) is 0 Å². The Balaban J connectivity index is 1.62. The lowest BCUT2D eigenvalue weighted by atomic mass is 9.86. The van der Waals surface area contributed by atoms with E-state index in [0.717, 1.165) is 32.4 Å². The van der Waals surface area contributed by atoms with Crippen LogP contribution in [0.2, 0.25) is 0 Å². The number of aliphatic hydroxyl groups excluding tert-OH is 1. The zero-order chi connectivity index (χ0) is 15.4. The van der Waals surface area contributed by atoms with Gasteiger partial charge in [0.05, 0.1) is 30.9 Å². The van der Waals surface area contributed by atoms with Crippen LogP contribution in [0.4, 0.5) is 0 Å². The van der Waals surface area contributed by atoms with Crippen molar-refractivity contribution < 1.29 is 14.6 Å². The van der Waals surface area contributed by atoms with Crippen LogP contribution < -0.4 is 5.32 Å². The van der Waals surface area contributed by atoms with Crippen LogP contribution in [-0.2, 0) is 4.74 Å². The van der Waals surface area contributed by atoms with E-state index in [-0.39, 0.29) is 18.0 Å². The lowest BCUT2D eigenvalue weighted by Gasteiger charge is -2.42. The highest BCUT2D eigenvalue weighted by atomic mass is 16.5. The molecule has 3 atom stereocenters. The SMILES string of the molecule is O=C(N[C@@H]1CCC[C@@H](N2CCOCC2)[C@@H]1O)c1cncnc1. The third-order valence-corrected chi connectivity index (χ3v) is 4.48. The van der Waals surface area contributed by atoms with E-state index in [1.807, 2.05) is 0 Å². The first-order chi connectivity index (χ1) is 10.8. The highest BCUT2D eigenvalue weighted by Crippen LogP contribution is 2.24. The maximum Gasteiger partial charge on any atom is 0.254 e. The van der Waals surface area contributed by atoms with E-state index in [2.05, 4.69) is 20.2 Å². The highest BCUT2D eigenvalue weighted by molar-refractivity contribution is 5.93. The fourth-order valence-corrected chi connectivity index (χ4v) is 3.29. The molecule has 2 fully saturated rings. The van der Waals surface area contributed by atoms with Gasteiger partial charge in [-0.2, -0.15) is 0 Å². The summed E-state index contributed by atoms with van der Waals surface area (Å²) >= 11 is 0. The van der Waals surface area contributed by atoms with E-state index in [0.29, 0.717) is 18.8 Å². The van der Waals surface area contributed by atoms with Crippen molar-refractivity contribution in [3.8, 4) is 0 Å². The van der Waals surface area contributed by atoms with Crippen LogP contribution in [0.1, 0.15) is 29.6 Å². The van der Waals surface area contributed by atoms with Crippen molar-refractivity contribution in [2.24, 2.45) is 0 Å². The topological polar surface area (TPSA) is 87.6 Å². The Morgan fingerprint density at radius 3 is 2.73 bits per heavy atom.